The summed E-state index contributed by atoms with van der Waals surface area (Å²) in [6.07, 6.45) is 0.799. The van der Waals surface area contributed by atoms with E-state index < -0.39 is 23.7 Å². The number of carbonyl (C=O) groups is 2. The van der Waals surface area contributed by atoms with Gasteiger partial charge in [0, 0.05) is 29.1 Å². The van der Waals surface area contributed by atoms with E-state index in [9.17, 15) is 19.1 Å². The van der Waals surface area contributed by atoms with Gasteiger partial charge in [-0.2, -0.15) is 0 Å². The summed E-state index contributed by atoms with van der Waals surface area (Å²) in [5.41, 5.74) is 1.76. The predicted molar refractivity (Wildman–Crippen MR) is 137 cm³/mol. The van der Waals surface area contributed by atoms with Gasteiger partial charge in [0.05, 0.1) is 22.3 Å². The van der Waals surface area contributed by atoms with Gasteiger partial charge in [-0.15, -0.1) is 11.3 Å². The van der Waals surface area contributed by atoms with Crippen molar-refractivity contribution in [1.82, 2.24) is 9.88 Å². The number of benzene rings is 2. The van der Waals surface area contributed by atoms with Crippen molar-refractivity contribution < 1.29 is 19.1 Å². The number of rotatable bonds is 6. The summed E-state index contributed by atoms with van der Waals surface area (Å²) < 4.78 is 13.6. The number of carboxylic acid groups (broad SMARTS) is 1. The summed E-state index contributed by atoms with van der Waals surface area (Å²) in [5, 5.41) is 11.5. The number of hydrogen-bond acceptors (Lipinski definition) is 5. The van der Waals surface area contributed by atoms with Crippen molar-refractivity contribution >= 4 is 51.5 Å². The smallest absolute Gasteiger partial charge is 0.328 e. The van der Waals surface area contributed by atoms with Crippen LogP contribution < -0.4 is 4.90 Å². The largest absolute Gasteiger partial charge is 0.480 e. The highest BCUT2D eigenvalue weighted by Crippen LogP contribution is 2.37. The SMILES string of the molecule is CC(C)Cc1sc(N2CCN(C(=O)c3cccc(F)c3)C(C(=O)O)C2)nc1-c1ccc(Cl)c(Cl)c1. The zero-order chi connectivity index (χ0) is 25.3. The topological polar surface area (TPSA) is 73.7 Å². The van der Waals surface area contributed by atoms with E-state index in [0.717, 1.165) is 28.6 Å². The molecule has 0 saturated carbocycles. The minimum atomic E-state index is -1.12. The van der Waals surface area contributed by atoms with E-state index in [0.29, 0.717) is 27.6 Å². The number of aromatic nitrogens is 1. The second-order valence-electron chi connectivity index (χ2n) is 8.80. The Morgan fingerprint density at radius 2 is 1.94 bits per heavy atom. The lowest BCUT2D eigenvalue weighted by Gasteiger charge is -2.39. The molecule has 2 heterocycles. The van der Waals surface area contributed by atoms with Crippen LogP contribution in [0.25, 0.3) is 11.3 Å². The van der Waals surface area contributed by atoms with Crippen molar-refractivity contribution in [2.24, 2.45) is 5.92 Å². The maximum atomic E-state index is 13.6. The molecule has 0 radical (unpaired) electrons. The molecule has 4 rings (SSSR count). The lowest BCUT2D eigenvalue weighted by atomic mass is 10.0. The van der Waals surface area contributed by atoms with Gasteiger partial charge >= 0.3 is 5.97 Å². The van der Waals surface area contributed by atoms with Crippen LogP contribution in [0.15, 0.2) is 42.5 Å². The van der Waals surface area contributed by atoms with E-state index in [1.54, 1.807) is 12.1 Å². The first-order valence-electron chi connectivity index (χ1n) is 11.1. The van der Waals surface area contributed by atoms with Gasteiger partial charge in [-0.05, 0) is 42.7 Å². The first-order valence-corrected chi connectivity index (χ1v) is 12.7. The van der Waals surface area contributed by atoms with Gasteiger partial charge in [-0.25, -0.2) is 14.2 Å². The van der Waals surface area contributed by atoms with Crippen LogP contribution in [0.3, 0.4) is 0 Å². The molecule has 1 atom stereocenters. The molecular formula is C25H24Cl2FN3O3S. The Kier molecular flexibility index (Phi) is 7.64. The van der Waals surface area contributed by atoms with E-state index in [1.807, 2.05) is 11.0 Å². The molecule has 10 heteroatoms. The lowest BCUT2D eigenvalue weighted by Crippen LogP contribution is -2.58. The molecule has 0 aliphatic carbocycles. The molecule has 2 aromatic carbocycles. The highest BCUT2D eigenvalue weighted by atomic mass is 35.5. The van der Waals surface area contributed by atoms with Gasteiger partial charge in [0.2, 0.25) is 0 Å². The van der Waals surface area contributed by atoms with Crippen LogP contribution in [-0.4, -0.2) is 52.5 Å². The highest BCUT2D eigenvalue weighted by molar-refractivity contribution is 7.16. The number of aliphatic carboxylic acids is 1. The molecule has 6 nitrogen and oxygen atoms in total. The van der Waals surface area contributed by atoms with Crippen LogP contribution in [0.5, 0.6) is 0 Å². The number of halogens is 3. The fourth-order valence-corrected chi connectivity index (χ4v) is 5.68. The molecule has 3 aromatic rings. The molecule has 1 N–H and O–H groups in total. The first kappa shape index (κ1) is 25.4. The Bertz CT molecular complexity index is 1270. The number of carbonyl (C=O) groups excluding carboxylic acids is 1. The minimum absolute atomic E-state index is 0.0752. The van der Waals surface area contributed by atoms with Gasteiger partial charge in [0.25, 0.3) is 5.91 Å². The van der Waals surface area contributed by atoms with Gasteiger partial charge < -0.3 is 14.9 Å². The predicted octanol–water partition coefficient (Wildman–Crippen LogP) is 5.87. The Labute approximate surface area is 216 Å². The summed E-state index contributed by atoms with van der Waals surface area (Å²) in [4.78, 5) is 34.2. The summed E-state index contributed by atoms with van der Waals surface area (Å²) in [6.45, 7) is 4.89. The molecule has 0 spiro atoms. The van der Waals surface area contributed by atoms with Crippen molar-refractivity contribution in [2.45, 2.75) is 26.3 Å². The third kappa shape index (κ3) is 5.60. The van der Waals surface area contributed by atoms with Gasteiger partial charge in [0.1, 0.15) is 11.9 Å². The number of amides is 1. The summed E-state index contributed by atoms with van der Waals surface area (Å²) in [5.74, 6) is -1.79. The summed E-state index contributed by atoms with van der Waals surface area (Å²) >= 11 is 13.8. The fraction of sp³-hybridized carbons (Fsp3) is 0.320. The number of nitrogens with zero attached hydrogens (tertiary/aromatic N) is 3. The van der Waals surface area contributed by atoms with Crippen molar-refractivity contribution in [1.29, 1.82) is 0 Å². The average molecular weight is 536 g/mol. The van der Waals surface area contributed by atoms with Crippen LogP contribution in [-0.2, 0) is 11.2 Å². The molecule has 35 heavy (non-hydrogen) atoms. The van der Waals surface area contributed by atoms with Crippen LogP contribution >= 0.6 is 34.5 Å². The second-order valence-corrected chi connectivity index (χ2v) is 10.7. The van der Waals surface area contributed by atoms with E-state index in [4.69, 9.17) is 28.2 Å². The monoisotopic (exact) mass is 535 g/mol. The molecule has 1 unspecified atom stereocenters. The second kappa shape index (κ2) is 10.5. The van der Waals surface area contributed by atoms with Gasteiger partial charge in [-0.3, -0.25) is 4.79 Å². The standard InChI is InChI=1S/C25H24Cl2FN3O3S/c1-14(2)10-21-22(15-6-7-18(26)19(27)12-15)29-25(35-21)30-8-9-31(20(13-30)24(33)34)23(32)16-4-3-5-17(28)11-16/h3-7,11-12,14,20H,8-10,13H2,1-2H3,(H,33,34). The Morgan fingerprint density at radius 3 is 2.60 bits per heavy atom. The van der Waals surface area contributed by atoms with E-state index in [-0.39, 0.29) is 18.7 Å². The fourth-order valence-electron chi connectivity index (χ4n) is 4.05. The van der Waals surface area contributed by atoms with E-state index in [2.05, 4.69) is 13.8 Å². The lowest BCUT2D eigenvalue weighted by molar-refractivity contribution is -0.142. The van der Waals surface area contributed by atoms with Crippen LogP contribution in [0.2, 0.25) is 10.0 Å². The van der Waals surface area contributed by atoms with E-state index in [1.165, 1.54) is 34.4 Å². The van der Waals surface area contributed by atoms with Crippen molar-refractivity contribution in [3.63, 3.8) is 0 Å². The molecule has 1 aliphatic rings. The minimum Gasteiger partial charge on any atom is -0.480 e. The molecule has 1 fully saturated rings. The Balaban J connectivity index is 1.63. The quantitative estimate of drug-likeness (QED) is 0.427. The normalized spacial score (nSPS) is 16.1. The van der Waals surface area contributed by atoms with Crippen LogP contribution in [0, 0.1) is 11.7 Å². The summed E-state index contributed by atoms with van der Waals surface area (Å²) in [6, 6.07) is 9.57. The maximum Gasteiger partial charge on any atom is 0.328 e. The molecule has 0 bridgehead atoms. The van der Waals surface area contributed by atoms with Crippen molar-refractivity contribution in [2.75, 3.05) is 24.5 Å². The molecule has 1 amide bonds. The first-order chi connectivity index (χ1) is 16.6. The molecule has 1 aliphatic heterocycles. The number of piperazine rings is 1. The third-order valence-electron chi connectivity index (χ3n) is 5.74. The molecule has 184 valence electrons. The van der Waals surface area contributed by atoms with Crippen molar-refractivity contribution in [3.05, 3.63) is 68.8 Å². The van der Waals surface area contributed by atoms with Gasteiger partial charge in [-0.1, -0.05) is 49.2 Å². The average Bonchev–Trinajstić information content (AvgIpc) is 3.23. The molecule has 1 aromatic heterocycles. The number of thiazole rings is 1. The van der Waals surface area contributed by atoms with Gasteiger partial charge in [0.15, 0.2) is 5.13 Å². The highest BCUT2D eigenvalue weighted by Gasteiger charge is 2.37. The number of anilines is 1. The molecular weight excluding hydrogens is 512 g/mol. The maximum absolute atomic E-state index is 13.6. The Hall–Kier alpha value is -2.68. The number of hydrogen-bond donors (Lipinski definition) is 1. The third-order valence-corrected chi connectivity index (χ3v) is 7.62. The molecule has 1 saturated heterocycles. The zero-order valence-corrected chi connectivity index (χ0v) is 21.5. The van der Waals surface area contributed by atoms with E-state index >= 15 is 0 Å². The van der Waals surface area contributed by atoms with Crippen molar-refractivity contribution in [3.8, 4) is 11.3 Å². The Morgan fingerprint density at radius 1 is 1.17 bits per heavy atom. The zero-order valence-electron chi connectivity index (χ0n) is 19.2. The number of carboxylic acids is 1. The van der Waals surface area contributed by atoms with Crippen LogP contribution in [0.1, 0.15) is 29.1 Å². The summed E-state index contributed by atoms with van der Waals surface area (Å²) in [7, 11) is 0. The van der Waals surface area contributed by atoms with Crippen LogP contribution in [0.4, 0.5) is 9.52 Å².